The van der Waals surface area contributed by atoms with Gasteiger partial charge in [-0.15, -0.1) is 0 Å². The van der Waals surface area contributed by atoms with Crippen molar-refractivity contribution >= 4 is 0 Å². The van der Waals surface area contributed by atoms with Gasteiger partial charge < -0.3 is 9.47 Å². The molecule has 0 aliphatic carbocycles. The summed E-state index contributed by atoms with van der Waals surface area (Å²) in [5.41, 5.74) is 5.62. The highest BCUT2D eigenvalue weighted by molar-refractivity contribution is 4.35. The highest BCUT2D eigenvalue weighted by Gasteiger charge is 1.92. The molecule has 0 aliphatic rings. The Morgan fingerprint density at radius 2 is 2.11 bits per heavy atom. The molecule has 0 aromatic carbocycles. The van der Waals surface area contributed by atoms with Crippen molar-refractivity contribution in [3.8, 4) is 0 Å². The van der Waals surface area contributed by atoms with Crippen molar-refractivity contribution < 1.29 is 9.47 Å². The first-order chi connectivity index (χ1) is 4.31. The molecular weight excluding hydrogens is 120 g/mol. The van der Waals surface area contributed by atoms with Crippen LogP contribution in [0.25, 0.3) is 0 Å². The molecule has 0 saturated carbocycles. The third-order valence-electron chi connectivity index (χ3n) is 0.875. The van der Waals surface area contributed by atoms with Gasteiger partial charge in [0.05, 0.1) is 0 Å². The van der Waals surface area contributed by atoms with Crippen molar-refractivity contribution in [2.75, 3.05) is 21.0 Å². The molecule has 4 nitrogen and oxygen atoms in total. The Bertz CT molecular complexity index is 60.9. The van der Waals surface area contributed by atoms with Crippen LogP contribution in [0.3, 0.4) is 0 Å². The predicted molar refractivity (Wildman–Crippen MR) is 34.6 cm³/mol. The maximum absolute atomic E-state index is 4.87. The molecule has 0 bridgehead atoms. The lowest BCUT2D eigenvalue weighted by Crippen LogP contribution is -2.40. The lowest BCUT2D eigenvalue weighted by molar-refractivity contribution is 0.0558. The van der Waals surface area contributed by atoms with E-state index in [1.807, 2.05) is 6.92 Å². The molecule has 0 spiro atoms. The molecular formula is C5H14N2O2. The predicted octanol–water partition coefficient (Wildman–Crippen LogP) is -0.323. The minimum atomic E-state index is 0.0140. The summed E-state index contributed by atoms with van der Waals surface area (Å²) in [5.74, 6) is 0. The number of hydrogen-bond acceptors (Lipinski definition) is 4. The van der Waals surface area contributed by atoms with Crippen LogP contribution >= 0.6 is 0 Å². The van der Waals surface area contributed by atoms with E-state index in [1.165, 1.54) is 0 Å². The van der Waals surface area contributed by atoms with Crippen LogP contribution in [0.5, 0.6) is 0 Å². The lowest BCUT2D eigenvalue weighted by atomic mass is 10.7. The van der Waals surface area contributed by atoms with Gasteiger partial charge in [0, 0.05) is 14.2 Å². The van der Waals surface area contributed by atoms with Gasteiger partial charge in [-0.3, -0.25) is 0 Å². The number of rotatable bonds is 5. The quantitative estimate of drug-likeness (QED) is 0.307. The van der Waals surface area contributed by atoms with Gasteiger partial charge in [0.25, 0.3) is 0 Å². The number of methoxy groups -OCH3 is 2. The second-order valence-electron chi connectivity index (χ2n) is 1.63. The maximum Gasteiger partial charge on any atom is 0.117 e. The van der Waals surface area contributed by atoms with E-state index in [-0.39, 0.29) is 6.23 Å². The van der Waals surface area contributed by atoms with Crippen molar-refractivity contribution in [1.29, 1.82) is 0 Å². The highest BCUT2D eigenvalue weighted by Crippen LogP contribution is 1.75. The molecule has 1 unspecified atom stereocenters. The molecule has 0 radical (unpaired) electrons. The summed E-state index contributed by atoms with van der Waals surface area (Å²) in [5, 5.41) is 0. The van der Waals surface area contributed by atoms with E-state index in [9.17, 15) is 0 Å². The van der Waals surface area contributed by atoms with Crippen LogP contribution in [0.2, 0.25) is 0 Å². The SMILES string of the molecule is COCNNC(C)OC. The first-order valence-electron chi connectivity index (χ1n) is 2.81. The van der Waals surface area contributed by atoms with Crippen LogP contribution in [0.4, 0.5) is 0 Å². The fraction of sp³-hybridized carbons (Fsp3) is 1.00. The molecule has 0 aromatic rings. The van der Waals surface area contributed by atoms with Gasteiger partial charge in [0.1, 0.15) is 13.0 Å². The van der Waals surface area contributed by atoms with Gasteiger partial charge in [0.2, 0.25) is 0 Å². The Labute approximate surface area is 55.5 Å². The average molecular weight is 134 g/mol. The summed E-state index contributed by atoms with van der Waals surface area (Å²) in [6.07, 6.45) is 0.0140. The van der Waals surface area contributed by atoms with Crippen LogP contribution < -0.4 is 10.9 Å². The van der Waals surface area contributed by atoms with Gasteiger partial charge in [-0.05, 0) is 6.92 Å². The molecule has 0 heterocycles. The van der Waals surface area contributed by atoms with Crippen LogP contribution in [0.15, 0.2) is 0 Å². The molecule has 1 atom stereocenters. The van der Waals surface area contributed by atoms with Crippen LogP contribution in [-0.4, -0.2) is 27.2 Å². The van der Waals surface area contributed by atoms with Crippen LogP contribution in [0, 0.1) is 0 Å². The van der Waals surface area contributed by atoms with Gasteiger partial charge in [-0.25, -0.2) is 10.9 Å². The smallest absolute Gasteiger partial charge is 0.117 e. The highest BCUT2D eigenvalue weighted by atomic mass is 16.5. The van der Waals surface area contributed by atoms with Crippen LogP contribution in [-0.2, 0) is 9.47 Å². The summed E-state index contributed by atoms with van der Waals surface area (Å²) in [7, 11) is 3.25. The Morgan fingerprint density at radius 3 is 2.56 bits per heavy atom. The maximum atomic E-state index is 4.87. The zero-order valence-electron chi connectivity index (χ0n) is 6.10. The topological polar surface area (TPSA) is 42.5 Å². The lowest BCUT2D eigenvalue weighted by Gasteiger charge is -2.11. The zero-order valence-corrected chi connectivity index (χ0v) is 6.10. The second-order valence-corrected chi connectivity index (χ2v) is 1.63. The van der Waals surface area contributed by atoms with Crippen molar-refractivity contribution in [2.45, 2.75) is 13.2 Å². The Kier molecular flexibility index (Phi) is 5.86. The molecule has 0 aliphatic heterocycles. The average Bonchev–Trinajstić information content (AvgIpc) is 1.89. The van der Waals surface area contributed by atoms with Gasteiger partial charge >= 0.3 is 0 Å². The van der Waals surface area contributed by atoms with E-state index in [4.69, 9.17) is 9.47 Å². The minimum Gasteiger partial charge on any atom is -0.368 e. The van der Waals surface area contributed by atoms with E-state index in [2.05, 4.69) is 10.9 Å². The van der Waals surface area contributed by atoms with Gasteiger partial charge in [0.15, 0.2) is 0 Å². The normalized spacial score (nSPS) is 13.7. The largest absolute Gasteiger partial charge is 0.368 e. The Balaban J connectivity index is 2.88. The summed E-state index contributed by atoms with van der Waals surface area (Å²) in [4.78, 5) is 0. The Morgan fingerprint density at radius 1 is 1.44 bits per heavy atom. The van der Waals surface area contributed by atoms with E-state index < -0.39 is 0 Å². The molecule has 0 aromatic heterocycles. The first kappa shape index (κ1) is 8.84. The van der Waals surface area contributed by atoms with Crippen molar-refractivity contribution in [3.05, 3.63) is 0 Å². The summed E-state index contributed by atoms with van der Waals surface area (Å²) >= 11 is 0. The van der Waals surface area contributed by atoms with Crippen molar-refractivity contribution in [3.63, 3.8) is 0 Å². The molecule has 4 heteroatoms. The van der Waals surface area contributed by atoms with Crippen LogP contribution in [0.1, 0.15) is 6.92 Å². The standard InChI is InChI=1S/C5H14N2O2/c1-5(9-3)7-6-4-8-2/h5-7H,4H2,1-3H3. The second kappa shape index (κ2) is 5.97. The number of hydrogen-bond donors (Lipinski definition) is 2. The molecule has 9 heavy (non-hydrogen) atoms. The molecule has 0 amide bonds. The van der Waals surface area contributed by atoms with Crippen molar-refractivity contribution in [2.24, 2.45) is 0 Å². The van der Waals surface area contributed by atoms with E-state index in [0.29, 0.717) is 6.73 Å². The fourth-order valence-corrected chi connectivity index (χ4v) is 0.316. The Hall–Kier alpha value is -0.160. The zero-order chi connectivity index (χ0) is 7.11. The molecule has 56 valence electrons. The summed E-state index contributed by atoms with van der Waals surface area (Å²) in [6.45, 7) is 2.37. The van der Waals surface area contributed by atoms with Crippen molar-refractivity contribution in [1.82, 2.24) is 10.9 Å². The molecule has 0 fully saturated rings. The third kappa shape index (κ3) is 5.72. The first-order valence-corrected chi connectivity index (χ1v) is 2.81. The summed E-state index contributed by atoms with van der Waals surface area (Å²) < 4.78 is 9.58. The molecule has 0 rings (SSSR count). The number of nitrogens with one attached hydrogen (secondary N) is 2. The third-order valence-corrected chi connectivity index (χ3v) is 0.875. The minimum absolute atomic E-state index is 0.0140. The monoisotopic (exact) mass is 134 g/mol. The number of ether oxygens (including phenoxy) is 2. The molecule has 2 N–H and O–H groups in total. The van der Waals surface area contributed by atoms with E-state index in [1.54, 1.807) is 14.2 Å². The fourth-order valence-electron chi connectivity index (χ4n) is 0.316. The number of hydrazine groups is 1. The van der Waals surface area contributed by atoms with E-state index >= 15 is 0 Å². The van der Waals surface area contributed by atoms with Gasteiger partial charge in [-0.1, -0.05) is 0 Å². The van der Waals surface area contributed by atoms with E-state index in [0.717, 1.165) is 0 Å². The summed E-state index contributed by atoms with van der Waals surface area (Å²) in [6, 6.07) is 0. The van der Waals surface area contributed by atoms with Gasteiger partial charge in [-0.2, -0.15) is 0 Å². The molecule has 0 saturated heterocycles.